The largest absolute Gasteiger partial charge is 0.473 e. The Morgan fingerprint density at radius 1 is 1.53 bits per heavy atom. The second-order valence-electron chi connectivity index (χ2n) is 4.86. The zero-order valence-corrected chi connectivity index (χ0v) is 11.7. The molecule has 2 heterocycles. The van der Waals surface area contributed by atoms with Crippen LogP contribution in [0.25, 0.3) is 11.0 Å². The third-order valence-corrected chi connectivity index (χ3v) is 3.95. The lowest BCUT2D eigenvalue weighted by molar-refractivity contribution is 0.171. The fourth-order valence-corrected chi connectivity index (χ4v) is 2.84. The highest BCUT2D eigenvalue weighted by Crippen LogP contribution is 2.28. The maximum Gasteiger partial charge on any atom is 0.262 e. The van der Waals surface area contributed by atoms with Crippen molar-refractivity contribution < 1.29 is 9.26 Å². The molecule has 1 atom stereocenters. The molecule has 1 aliphatic rings. The average Bonchev–Trinajstić information content (AvgIpc) is 3.02. The first-order valence-corrected chi connectivity index (χ1v) is 7.07. The number of fused-ring (bicyclic) bond motifs is 1. The van der Waals surface area contributed by atoms with E-state index in [-0.39, 0.29) is 0 Å². The molecule has 1 fully saturated rings. The molecule has 5 heteroatoms. The zero-order valence-electron chi connectivity index (χ0n) is 10.9. The van der Waals surface area contributed by atoms with Crippen LogP contribution in [0, 0.1) is 0 Å². The Morgan fingerprint density at radius 3 is 3.26 bits per heavy atom. The molecule has 0 bridgehead atoms. The van der Waals surface area contributed by atoms with Crippen LogP contribution in [0.15, 0.2) is 22.7 Å². The fraction of sp³-hybridized carbons (Fsp3) is 0.500. The van der Waals surface area contributed by atoms with Crippen LogP contribution in [0.2, 0.25) is 5.02 Å². The molecular formula is C14H17ClN2O2. The number of hydrogen-bond acceptors (Lipinski definition) is 4. The van der Waals surface area contributed by atoms with Gasteiger partial charge in [0, 0.05) is 11.1 Å². The minimum absolute atomic E-state index is 0.482. The highest BCUT2D eigenvalue weighted by Gasteiger charge is 2.24. The number of ether oxygens (including phenoxy) is 1. The minimum atomic E-state index is 0.482. The Morgan fingerprint density at radius 2 is 2.42 bits per heavy atom. The maximum absolute atomic E-state index is 5.99. The summed E-state index contributed by atoms with van der Waals surface area (Å²) in [5.41, 5.74) is 0.707. The van der Waals surface area contributed by atoms with Crippen molar-refractivity contribution in [1.82, 2.24) is 10.1 Å². The Kier molecular flexibility index (Phi) is 3.62. The Bertz CT molecular complexity index is 570. The lowest BCUT2D eigenvalue weighted by atomic mass is 10.2. The summed E-state index contributed by atoms with van der Waals surface area (Å²) in [4.78, 5) is 2.44. The Hall–Kier alpha value is -1.26. The number of likely N-dealkylation sites (tertiary alicyclic amines) is 1. The van der Waals surface area contributed by atoms with Crippen LogP contribution in [0.4, 0.5) is 0 Å². The van der Waals surface area contributed by atoms with Crippen molar-refractivity contribution in [2.24, 2.45) is 0 Å². The topological polar surface area (TPSA) is 38.5 Å². The van der Waals surface area contributed by atoms with Crippen LogP contribution in [0.3, 0.4) is 0 Å². The van der Waals surface area contributed by atoms with Gasteiger partial charge in [0.15, 0.2) is 5.58 Å². The SMILES string of the molecule is CCN1CCC[C@H]1COc1noc2ccc(Cl)cc12. The predicted molar refractivity (Wildman–Crippen MR) is 74.8 cm³/mol. The molecule has 0 saturated carbocycles. The van der Waals surface area contributed by atoms with Crippen molar-refractivity contribution in [2.45, 2.75) is 25.8 Å². The van der Waals surface area contributed by atoms with Crippen molar-refractivity contribution in [2.75, 3.05) is 19.7 Å². The smallest absolute Gasteiger partial charge is 0.262 e. The number of aromatic nitrogens is 1. The predicted octanol–water partition coefficient (Wildman–Crippen LogP) is 3.34. The van der Waals surface area contributed by atoms with Gasteiger partial charge < -0.3 is 9.26 Å². The number of nitrogens with zero attached hydrogens (tertiary/aromatic N) is 2. The summed E-state index contributed by atoms with van der Waals surface area (Å²) in [6, 6.07) is 5.91. The summed E-state index contributed by atoms with van der Waals surface area (Å²) >= 11 is 5.99. The summed E-state index contributed by atoms with van der Waals surface area (Å²) in [6.45, 7) is 5.07. The first-order chi connectivity index (χ1) is 9.28. The van der Waals surface area contributed by atoms with Gasteiger partial charge in [-0.1, -0.05) is 18.5 Å². The van der Waals surface area contributed by atoms with Crippen LogP contribution < -0.4 is 4.74 Å². The summed E-state index contributed by atoms with van der Waals surface area (Å²) < 4.78 is 11.1. The van der Waals surface area contributed by atoms with Gasteiger partial charge in [-0.25, -0.2) is 0 Å². The second-order valence-corrected chi connectivity index (χ2v) is 5.30. The van der Waals surface area contributed by atoms with Crippen LogP contribution in [0.5, 0.6) is 5.88 Å². The molecule has 19 heavy (non-hydrogen) atoms. The van der Waals surface area contributed by atoms with Gasteiger partial charge in [0.1, 0.15) is 6.61 Å². The van der Waals surface area contributed by atoms with E-state index in [1.165, 1.54) is 12.8 Å². The Balaban J connectivity index is 1.73. The summed E-state index contributed by atoms with van der Waals surface area (Å²) in [5.74, 6) is 0.542. The molecule has 4 nitrogen and oxygen atoms in total. The Labute approximate surface area is 117 Å². The molecule has 0 radical (unpaired) electrons. The molecule has 0 aliphatic carbocycles. The standard InChI is InChI=1S/C14H17ClN2O2/c1-2-17-7-3-4-11(17)9-18-14-12-8-10(15)5-6-13(12)19-16-14/h5-6,8,11H,2-4,7,9H2,1H3/t11-/m0/s1. The van der Waals surface area contributed by atoms with E-state index in [0.29, 0.717) is 29.1 Å². The number of halogens is 1. The van der Waals surface area contributed by atoms with Gasteiger partial charge in [-0.05, 0) is 49.3 Å². The van der Waals surface area contributed by atoms with Crippen molar-refractivity contribution in [1.29, 1.82) is 0 Å². The van der Waals surface area contributed by atoms with Gasteiger partial charge in [-0.3, -0.25) is 4.90 Å². The van der Waals surface area contributed by atoms with E-state index in [1.54, 1.807) is 6.07 Å². The third kappa shape index (κ3) is 2.55. The normalized spacial score (nSPS) is 20.2. The van der Waals surface area contributed by atoms with Crippen LogP contribution in [-0.4, -0.2) is 35.8 Å². The molecule has 0 spiro atoms. The first-order valence-electron chi connectivity index (χ1n) is 6.69. The molecule has 0 N–H and O–H groups in total. The molecule has 102 valence electrons. The molecule has 1 saturated heterocycles. The van der Waals surface area contributed by atoms with Crippen molar-refractivity contribution in [3.05, 3.63) is 23.2 Å². The molecular weight excluding hydrogens is 264 g/mol. The van der Waals surface area contributed by atoms with Crippen LogP contribution in [-0.2, 0) is 0 Å². The zero-order chi connectivity index (χ0) is 13.2. The van der Waals surface area contributed by atoms with E-state index < -0.39 is 0 Å². The van der Waals surface area contributed by atoms with E-state index in [9.17, 15) is 0 Å². The maximum atomic E-state index is 5.99. The molecule has 0 amide bonds. The molecule has 1 aromatic heterocycles. The van der Waals surface area contributed by atoms with Gasteiger partial charge in [0.2, 0.25) is 0 Å². The van der Waals surface area contributed by atoms with E-state index >= 15 is 0 Å². The van der Waals surface area contributed by atoms with Crippen molar-refractivity contribution >= 4 is 22.6 Å². The summed E-state index contributed by atoms with van der Waals surface area (Å²) in [6.07, 6.45) is 2.43. The second kappa shape index (κ2) is 5.39. The quantitative estimate of drug-likeness (QED) is 0.861. The lowest BCUT2D eigenvalue weighted by Crippen LogP contribution is -2.33. The van der Waals surface area contributed by atoms with E-state index in [1.807, 2.05) is 12.1 Å². The molecule has 0 unspecified atom stereocenters. The average molecular weight is 281 g/mol. The summed E-state index contributed by atoms with van der Waals surface area (Å²) in [7, 11) is 0. The van der Waals surface area contributed by atoms with Gasteiger partial charge >= 0.3 is 0 Å². The highest BCUT2D eigenvalue weighted by molar-refractivity contribution is 6.31. The van der Waals surface area contributed by atoms with E-state index in [4.69, 9.17) is 20.9 Å². The van der Waals surface area contributed by atoms with E-state index in [2.05, 4.69) is 17.0 Å². The molecule has 1 aromatic carbocycles. The minimum Gasteiger partial charge on any atom is -0.473 e. The van der Waals surface area contributed by atoms with Gasteiger partial charge in [0.05, 0.1) is 5.39 Å². The number of rotatable bonds is 4. The van der Waals surface area contributed by atoms with E-state index in [0.717, 1.165) is 18.5 Å². The molecule has 2 aromatic rings. The fourth-order valence-electron chi connectivity index (χ4n) is 2.67. The molecule has 3 rings (SSSR count). The van der Waals surface area contributed by atoms with Gasteiger partial charge in [0.25, 0.3) is 5.88 Å². The molecule has 1 aliphatic heterocycles. The number of likely N-dealkylation sites (N-methyl/N-ethyl adjacent to an activating group) is 1. The number of benzene rings is 1. The number of hydrogen-bond donors (Lipinski definition) is 0. The lowest BCUT2D eigenvalue weighted by Gasteiger charge is -2.22. The summed E-state index contributed by atoms with van der Waals surface area (Å²) in [5, 5.41) is 5.48. The first kappa shape index (κ1) is 12.8. The highest BCUT2D eigenvalue weighted by atomic mass is 35.5. The van der Waals surface area contributed by atoms with Crippen molar-refractivity contribution in [3.63, 3.8) is 0 Å². The van der Waals surface area contributed by atoms with Crippen LogP contribution in [0.1, 0.15) is 19.8 Å². The van der Waals surface area contributed by atoms with Crippen LogP contribution >= 0.6 is 11.6 Å². The third-order valence-electron chi connectivity index (χ3n) is 3.72. The monoisotopic (exact) mass is 280 g/mol. The van der Waals surface area contributed by atoms with Gasteiger partial charge in [-0.15, -0.1) is 0 Å². The van der Waals surface area contributed by atoms with Gasteiger partial charge in [-0.2, -0.15) is 0 Å². The van der Waals surface area contributed by atoms with Crippen molar-refractivity contribution in [3.8, 4) is 5.88 Å².